The summed E-state index contributed by atoms with van der Waals surface area (Å²) >= 11 is 7.44. The Morgan fingerprint density at radius 3 is 2.56 bits per heavy atom. The largest absolute Gasteiger partial charge is 0.349 e. The minimum absolute atomic E-state index is 0.0735. The van der Waals surface area contributed by atoms with Crippen LogP contribution in [0, 0.1) is 0 Å². The number of amides is 1. The summed E-state index contributed by atoms with van der Waals surface area (Å²) in [5, 5.41) is 6.77. The summed E-state index contributed by atoms with van der Waals surface area (Å²) in [5.74, 6) is -0.119. The summed E-state index contributed by atoms with van der Waals surface area (Å²) in [6.45, 7) is 0. The highest BCUT2D eigenvalue weighted by Gasteiger charge is 2.18. The first-order valence-corrected chi connectivity index (χ1v) is 12.6. The Kier molecular flexibility index (Phi) is 5.71. The molecule has 0 radical (unpaired) electrons. The standard InChI is InChI=1S/C28H19ClN4O2S/c29-18-9-6-10-19(15-18)33-27(35)26-25(21-12-3-4-13-23(21)31-26)32-28(33)36-16-24(34)30-22-14-5-8-17-7-1-2-11-20(17)22/h1-15,31H,16H2,(H,30,34). The van der Waals surface area contributed by atoms with E-state index in [0.717, 1.165) is 27.4 Å². The van der Waals surface area contributed by atoms with Gasteiger partial charge in [0.05, 0.1) is 11.4 Å². The first-order chi connectivity index (χ1) is 17.6. The normalized spacial score (nSPS) is 11.4. The Labute approximate surface area is 214 Å². The number of hydrogen-bond acceptors (Lipinski definition) is 4. The van der Waals surface area contributed by atoms with E-state index >= 15 is 0 Å². The lowest BCUT2D eigenvalue weighted by Gasteiger charge is -2.13. The molecule has 0 saturated carbocycles. The average molecular weight is 511 g/mol. The molecular formula is C28H19ClN4O2S. The molecule has 4 aromatic carbocycles. The number of para-hydroxylation sites is 1. The minimum atomic E-state index is -0.254. The Morgan fingerprint density at radius 1 is 0.944 bits per heavy atom. The summed E-state index contributed by atoms with van der Waals surface area (Å²) in [5.41, 5.74) is 2.87. The van der Waals surface area contributed by atoms with Gasteiger partial charge in [-0.05, 0) is 35.7 Å². The molecule has 2 aromatic heterocycles. The third kappa shape index (κ3) is 4.02. The number of rotatable bonds is 5. The number of nitrogens with zero attached hydrogens (tertiary/aromatic N) is 2. The third-order valence-electron chi connectivity index (χ3n) is 5.96. The first kappa shape index (κ1) is 22.4. The zero-order chi connectivity index (χ0) is 24.6. The molecule has 0 atom stereocenters. The van der Waals surface area contributed by atoms with Crippen molar-refractivity contribution in [2.24, 2.45) is 0 Å². The van der Waals surface area contributed by atoms with Crippen LogP contribution in [0.4, 0.5) is 5.69 Å². The van der Waals surface area contributed by atoms with Crippen molar-refractivity contribution in [1.82, 2.24) is 14.5 Å². The van der Waals surface area contributed by atoms with Gasteiger partial charge in [-0.2, -0.15) is 0 Å². The van der Waals surface area contributed by atoms with Crippen molar-refractivity contribution >= 4 is 67.7 Å². The highest BCUT2D eigenvalue weighted by atomic mass is 35.5. The molecule has 0 saturated heterocycles. The number of aromatic amines is 1. The van der Waals surface area contributed by atoms with Crippen LogP contribution in [0.15, 0.2) is 101 Å². The number of nitrogens with one attached hydrogen (secondary N) is 2. The number of carbonyl (C=O) groups excluding carboxylic acids is 1. The maximum Gasteiger partial charge on any atom is 0.283 e. The second kappa shape index (κ2) is 9.18. The number of thioether (sulfide) groups is 1. The smallest absolute Gasteiger partial charge is 0.283 e. The van der Waals surface area contributed by atoms with Crippen LogP contribution in [0.1, 0.15) is 0 Å². The fraction of sp³-hybridized carbons (Fsp3) is 0.0357. The van der Waals surface area contributed by atoms with Gasteiger partial charge in [-0.15, -0.1) is 0 Å². The first-order valence-electron chi connectivity index (χ1n) is 11.3. The SMILES string of the molecule is O=C(CSc1nc2c([nH]c3ccccc32)c(=O)n1-c1cccc(Cl)c1)Nc1cccc2ccccc12. The van der Waals surface area contributed by atoms with E-state index in [9.17, 15) is 9.59 Å². The second-order valence-electron chi connectivity index (χ2n) is 8.27. The highest BCUT2D eigenvalue weighted by Crippen LogP contribution is 2.28. The van der Waals surface area contributed by atoms with Crippen LogP contribution in [0.5, 0.6) is 0 Å². The quantitative estimate of drug-likeness (QED) is 0.207. The van der Waals surface area contributed by atoms with Gasteiger partial charge >= 0.3 is 0 Å². The Bertz CT molecular complexity index is 1840. The molecule has 8 heteroatoms. The molecule has 0 aliphatic carbocycles. The van der Waals surface area contributed by atoms with E-state index in [1.807, 2.05) is 66.7 Å². The molecule has 2 heterocycles. The van der Waals surface area contributed by atoms with E-state index in [-0.39, 0.29) is 17.2 Å². The molecule has 0 bridgehead atoms. The van der Waals surface area contributed by atoms with Gasteiger partial charge in [-0.3, -0.25) is 14.2 Å². The van der Waals surface area contributed by atoms with E-state index in [1.165, 1.54) is 16.3 Å². The molecule has 36 heavy (non-hydrogen) atoms. The summed E-state index contributed by atoms with van der Waals surface area (Å²) in [6, 6.07) is 28.3. The molecule has 1 amide bonds. The molecule has 176 valence electrons. The summed E-state index contributed by atoms with van der Waals surface area (Å²) in [7, 11) is 0. The maximum absolute atomic E-state index is 13.6. The van der Waals surface area contributed by atoms with E-state index in [2.05, 4.69) is 10.3 Å². The summed E-state index contributed by atoms with van der Waals surface area (Å²) in [4.78, 5) is 34.6. The Hall–Kier alpha value is -4.07. The summed E-state index contributed by atoms with van der Waals surface area (Å²) < 4.78 is 1.50. The van der Waals surface area contributed by atoms with E-state index in [0.29, 0.717) is 26.9 Å². The second-order valence-corrected chi connectivity index (χ2v) is 9.65. The fourth-order valence-corrected chi connectivity index (χ4v) is 5.32. The number of anilines is 1. The zero-order valence-corrected chi connectivity index (χ0v) is 20.4. The number of H-pyrrole nitrogens is 1. The van der Waals surface area contributed by atoms with Gasteiger partial charge in [0.15, 0.2) is 5.16 Å². The predicted octanol–water partition coefficient (Wildman–Crippen LogP) is 6.40. The van der Waals surface area contributed by atoms with Crippen molar-refractivity contribution in [3.8, 4) is 5.69 Å². The van der Waals surface area contributed by atoms with E-state index < -0.39 is 0 Å². The van der Waals surface area contributed by atoms with Gasteiger partial charge in [-0.25, -0.2) is 4.98 Å². The molecule has 0 unspecified atom stereocenters. The lowest BCUT2D eigenvalue weighted by molar-refractivity contribution is -0.113. The Morgan fingerprint density at radius 2 is 1.69 bits per heavy atom. The highest BCUT2D eigenvalue weighted by molar-refractivity contribution is 7.99. The average Bonchev–Trinajstić information content (AvgIpc) is 3.27. The topological polar surface area (TPSA) is 79.8 Å². The predicted molar refractivity (Wildman–Crippen MR) is 148 cm³/mol. The molecule has 0 aliphatic rings. The molecule has 6 rings (SSSR count). The van der Waals surface area contributed by atoms with Crippen molar-refractivity contribution in [3.05, 3.63) is 106 Å². The van der Waals surface area contributed by atoms with Crippen molar-refractivity contribution in [2.75, 3.05) is 11.1 Å². The minimum Gasteiger partial charge on any atom is -0.349 e. The lowest BCUT2D eigenvalue weighted by Crippen LogP contribution is -2.23. The van der Waals surface area contributed by atoms with Crippen LogP contribution >= 0.6 is 23.4 Å². The van der Waals surface area contributed by atoms with Gasteiger partial charge in [0, 0.05) is 27.0 Å². The summed E-state index contributed by atoms with van der Waals surface area (Å²) in [6.07, 6.45) is 0. The van der Waals surface area contributed by atoms with E-state index in [1.54, 1.807) is 24.3 Å². The third-order valence-corrected chi connectivity index (χ3v) is 7.13. The van der Waals surface area contributed by atoms with Crippen LogP contribution < -0.4 is 10.9 Å². The van der Waals surface area contributed by atoms with Crippen molar-refractivity contribution in [2.45, 2.75) is 5.16 Å². The van der Waals surface area contributed by atoms with Gasteiger partial charge in [0.1, 0.15) is 11.0 Å². The fourth-order valence-electron chi connectivity index (χ4n) is 4.33. The molecular weight excluding hydrogens is 492 g/mol. The van der Waals surface area contributed by atoms with Crippen molar-refractivity contribution in [3.63, 3.8) is 0 Å². The molecule has 2 N–H and O–H groups in total. The molecule has 0 aliphatic heterocycles. The number of halogens is 1. The number of benzene rings is 4. The van der Waals surface area contributed by atoms with Gasteiger partial charge in [0.25, 0.3) is 5.56 Å². The monoisotopic (exact) mass is 510 g/mol. The molecule has 6 nitrogen and oxygen atoms in total. The molecule has 0 spiro atoms. The Balaban J connectivity index is 1.39. The van der Waals surface area contributed by atoms with Gasteiger partial charge in [-0.1, -0.05) is 84.0 Å². The van der Waals surface area contributed by atoms with Gasteiger partial charge in [0.2, 0.25) is 5.91 Å². The zero-order valence-electron chi connectivity index (χ0n) is 18.9. The van der Waals surface area contributed by atoms with E-state index in [4.69, 9.17) is 16.6 Å². The number of hydrogen-bond donors (Lipinski definition) is 2. The van der Waals surface area contributed by atoms with Crippen molar-refractivity contribution in [1.29, 1.82) is 0 Å². The molecule has 6 aromatic rings. The van der Waals surface area contributed by atoms with Crippen molar-refractivity contribution < 1.29 is 4.79 Å². The van der Waals surface area contributed by atoms with Crippen LogP contribution in [0.25, 0.3) is 38.4 Å². The van der Waals surface area contributed by atoms with Crippen LogP contribution in [0.2, 0.25) is 5.02 Å². The van der Waals surface area contributed by atoms with Crippen LogP contribution in [-0.4, -0.2) is 26.2 Å². The number of carbonyl (C=O) groups is 1. The van der Waals surface area contributed by atoms with Crippen LogP contribution in [-0.2, 0) is 4.79 Å². The number of aromatic nitrogens is 3. The molecule has 0 fully saturated rings. The lowest BCUT2D eigenvalue weighted by atomic mass is 10.1. The van der Waals surface area contributed by atoms with Crippen LogP contribution in [0.3, 0.4) is 0 Å². The van der Waals surface area contributed by atoms with Gasteiger partial charge < -0.3 is 10.3 Å². The maximum atomic E-state index is 13.6. The number of fused-ring (bicyclic) bond motifs is 4.